The fourth-order valence-corrected chi connectivity index (χ4v) is 3.55. The number of pyridine rings is 2. The first-order chi connectivity index (χ1) is 18.0. The molecule has 2 aromatic carbocycles. The van der Waals surface area contributed by atoms with E-state index in [1.54, 1.807) is 17.6 Å². The Hall–Kier alpha value is -4.61. The second-order valence-electron chi connectivity index (χ2n) is 7.93. The van der Waals surface area contributed by atoms with Crippen molar-refractivity contribution in [2.75, 3.05) is 6.61 Å². The maximum absolute atomic E-state index is 13.1. The van der Waals surface area contributed by atoms with Crippen LogP contribution in [0.15, 0.2) is 85.1 Å². The number of carbonyl (C=O) groups is 1. The van der Waals surface area contributed by atoms with Crippen molar-refractivity contribution in [1.82, 2.24) is 4.98 Å². The van der Waals surface area contributed by atoms with E-state index in [0.717, 1.165) is 22.3 Å². The predicted octanol–water partition coefficient (Wildman–Crippen LogP) is 6.39. The molecule has 0 amide bonds. The predicted molar refractivity (Wildman–Crippen MR) is 134 cm³/mol. The monoisotopic (exact) mass is 527 g/mol. The first-order valence-corrected chi connectivity index (χ1v) is 11.4. The van der Waals surface area contributed by atoms with Crippen LogP contribution in [0.4, 0.5) is 23.0 Å². The number of benzene rings is 2. The minimum Gasteiger partial charge on any atom is -0.460 e. The molecule has 0 atom stereocenters. The smallest absolute Gasteiger partial charge is 0.460 e. The van der Waals surface area contributed by atoms with Gasteiger partial charge in [-0.25, -0.2) is 4.79 Å². The number of aryl methyl sites for hydroxylation is 1. The van der Waals surface area contributed by atoms with Crippen LogP contribution in [0, 0.1) is 17.0 Å². The number of nitro groups is 1. The summed E-state index contributed by atoms with van der Waals surface area (Å²) < 4.78 is 46.0. The molecule has 0 spiro atoms. The van der Waals surface area contributed by atoms with E-state index in [9.17, 15) is 32.2 Å². The zero-order chi connectivity index (χ0) is 27.9. The Kier molecular flexibility index (Phi) is 8.90. The molecular formula is C26H22BF4N3O4. The summed E-state index contributed by atoms with van der Waals surface area (Å²) in [6.45, 7) is 3.97. The van der Waals surface area contributed by atoms with Crippen LogP contribution in [0.1, 0.15) is 23.0 Å². The molecule has 38 heavy (non-hydrogen) atoms. The van der Waals surface area contributed by atoms with Gasteiger partial charge in [0.2, 0.25) is 11.9 Å². The molecule has 2 aromatic heterocycles. The van der Waals surface area contributed by atoms with E-state index in [2.05, 4.69) is 4.98 Å². The average Bonchev–Trinajstić information content (AvgIpc) is 2.88. The summed E-state index contributed by atoms with van der Waals surface area (Å²) in [5.74, 6) is -0.137. The lowest BCUT2D eigenvalue weighted by atomic mass is 10.0. The van der Waals surface area contributed by atoms with E-state index in [0.29, 0.717) is 11.5 Å². The van der Waals surface area contributed by atoms with Crippen LogP contribution in [0.3, 0.4) is 0 Å². The van der Waals surface area contributed by atoms with Crippen LogP contribution in [0.2, 0.25) is 0 Å². The van der Waals surface area contributed by atoms with E-state index in [-0.39, 0.29) is 18.0 Å². The third-order valence-corrected chi connectivity index (χ3v) is 5.18. The molecular weight excluding hydrogens is 505 g/mol. The zero-order valence-electron chi connectivity index (χ0n) is 20.4. The highest BCUT2D eigenvalue weighted by atomic mass is 19.5. The van der Waals surface area contributed by atoms with E-state index in [4.69, 9.17) is 4.74 Å². The Balaban J connectivity index is 0.000000732. The summed E-state index contributed by atoms with van der Waals surface area (Å²) >= 11 is 0. The van der Waals surface area contributed by atoms with Gasteiger partial charge in [-0.3, -0.25) is 10.1 Å². The van der Waals surface area contributed by atoms with E-state index < -0.39 is 18.1 Å². The van der Waals surface area contributed by atoms with Gasteiger partial charge in [-0.1, -0.05) is 60.2 Å². The maximum atomic E-state index is 13.1. The molecule has 0 aliphatic carbocycles. The highest BCUT2D eigenvalue weighted by Crippen LogP contribution is 2.27. The summed E-state index contributed by atoms with van der Waals surface area (Å²) in [5, 5.41) is 11.1. The number of nitrogens with zero attached hydrogens (tertiary/aromatic N) is 3. The van der Waals surface area contributed by atoms with Crippen molar-refractivity contribution >= 4 is 18.9 Å². The Morgan fingerprint density at radius 2 is 1.58 bits per heavy atom. The van der Waals surface area contributed by atoms with E-state index in [1.807, 2.05) is 67.6 Å². The molecule has 0 saturated carbocycles. The zero-order valence-corrected chi connectivity index (χ0v) is 20.4. The van der Waals surface area contributed by atoms with Crippen molar-refractivity contribution in [2.45, 2.75) is 13.8 Å². The van der Waals surface area contributed by atoms with Gasteiger partial charge in [-0.15, -0.1) is 0 Å². The SMILES string of the molecule is CCOC(=O)c1cc(-c2ccc(C)cc2)cc(-c2ccccc2)[n+]1-c1ccc([N+](=O)[O-])cn1.F[B-](F)(F)F. The molecule has 7 nitrogen and oxygen atoms in total. The van der Waals surface area contributed by atoms with Crippen LogP contribution in [0.5, 0.6) is 0 Å². The number of hydrogen-bond donors (Lipinski definition) is 0. The highest BCUT2D eigenvalue weighted by molar-refractivity contribution is 6.50. The van der Waals surface area contributed by atoms with Gasteiger partial charge < -0.3 is 22.0 Å². The number of halogens is 4. The largest absolute Gasteiger partial charge is 0.673 e. The number of rotatable bonds is 6. The van der Waals surface area contributed by atoms with Gasteiger partial charge in [-0.05, 0) is 36.0 Å². The third kappa shape index (κ3) is 7.45. The fraction of sp³-hybridized carbons (Fsp3) is 0.115. The Bertz CT molecular complexity index is 1410. The molecule has 12 heteroatoms. The van der Waals surface area contributed by atoms with Gasteiger partial charge in [0.15, 0.2) is 0 Å². The molecule has 0 fully saturated rings. The highest BCUT2D eigenvalue weighted by Gasteiger charge is 2.27. The average molecular weight is 527 g/mol. The second-order valence-corrected chi connectivity index (χ2v) is 7.93. The number of hydrogen-bond acceptors (Lipinski definition) is 5. The Labute approximate surface area is 215 Å². The van der Waals surface area contributed by atoms with Crippen LogP contribution in [-0.4, -0.2) is 29.7 Å². The van der Waals surface area contributed by atoms with Gasteiger partial charge >= 0.3 is 24.7 Å². The van der Waals surface area contributed by atoms with Crippen molar-refractivity contribution in [3.63, 3.8) is 0 Å². The van der Waals surface area contributed by atoms with E-state index >= 15 is 0 Å². The quantitative estimate of drug-likeness (QED) is 0.0725. The molecule has 0 aliphatic heterocycles. The lowest BCUT2D eigenvalue weighted by Gasteiger charge is -2.14. The van der Waals surface area contributed by atoms with Gasteiger partial charge in [0.25, 0.3) is 0 Å². The summed E-state index contributed by atoms with van der Waals surface area (Å²) in [6, 6.07) is 24.3. The van der Waals surface area contributed by atoms with Crippen molar-refractivity contribution in [1.29, 1.82) is 0 Å². The number of carbonyl (C=O) groups excluding carboxylic acids is 1. The van der Waals surface area contributed by atoms with Crippen LogP contribution in [0.25, 0.3) is 28.2 Å². The molecule has 0 radical (unpaired) electrons. The van der Waals surface area contributed by atoms with Crippen LogP contribution < -0.4 is 4.57 Å². The first kappa shape index (κ1) is 28.0. The molecule has 2 heterocycles. The van der Waals surface area contributed by atoms with Gasteiger partial charge in [0.05, 0.1) is 11.5 Å². The minimum atomic E-state index is -6.00. The van der Waals surface area contributed by atoms with Crippen LogP contribution >= 0.6 is 0 Å². The molecule has 0 saturated heterocycles. The van der Waals surface area contributed by atoms with Gasteiger partial charge in [0.1, 0.15) is 5.69 Å². The molecule has 0 N–H and O–H groups in total. The molecule has 0 aliphatic rings. The number of aromatic nitrogens is 2. The Morgan fingerprint density at radius 3 is 2.11 bits per heavy atom. The Morgan fingerprint density at radius 1 is 0.947 bits per heavy atom. The summed E-state index contributed by atoms with van der Waals surface area (Å²) in [7, 11) is -6.00. The molecule has 196 valence electrons. The lowest BCUT2D eigenvalue weighted by Crippen LogP contribution is -2.42. The van der Waals surface area contributed by atoms with Crippen molar-refractivity contribution < 1.29 is 36.3 Å². The van der Waals surface area contributed by atoms with Gasteiger partial charge in [0, 0.05) is 23.8 Å². The lowest BCUT2D eigenvalue weighted by molar-refractivity contribution is -0.591. The number of esters is 1. The summed E-state index contributed by atoms with van der Waals surface area (Å²) in [5.41, 5.74) is 4.64. The normalized spacial score (nSPS) is 10.8. The van der Waals surface area contributed by atoms with Gasteiger partial charge in [-0.2, -0.15) is 4.57 Å². The first-order valence-electron chi connectivity index (χ1n) is 11.4. The minimum absolute atomic E-state index is 0.130. The standard InChI is InChI=1S/C26H22N3O4.BF4/c1-3-33-26(30)24-16-21(19-11-9-18(2)10-12-19)15-23(20-7-5-4-6-8-20)28(24)25-14-13-22(17-27-25)29(31)32;2-1(3,4)5/h4-17H,3H2,1-2H3;/q+1;-1. The topological polar surface area (TPSA) is 86.2 Å². The summed E-state index contributed by atoms with van der Waals surface area (Å²) in [6.07, 6.45) is 1.18. The third-order valence-electron chi connectivity index (χ3n) is 5.18. The fourth-order valence-electron chi connectivity index (χ4n) is 3.55. The molecule has 0 bridgehead atoms. The van der Waals surface area contributed by atoms with Crippen molar-refractivity contribution in [3.8, 4) is 28.2 Å². The summed E-state index contributed by atoms with van der Waals surface area (Å²) in [4.78, 5) is 27.9. The second kappa shape index (κ2) is 12.1. The van der Waals surface area contributed by atoms with Crippen molar-refractivity contribution in [2.24, 2.45) is 0 Å². The number of ether oxygens (including phenoxy) is 1. The van der Waals surface area contributed by atoms with Crippen LogP contribution in [-0.2, 0) is 4.74 Å². The van der Waals surface area contributed by atoms with Crippen molar-refractivity contribution in [3.05, 3.63) is 106 Å². The molecule has 4 rings (SSSR count). The molecule has 4 aromatic rings. The van der Waals surface area contributed by atoms with E-state index in [1.165, 1.54) is 18.3 Å². The molecule has 0 unspecified atom stereocenters. The maximum Gasteiger partial charge on any atom is 0.673 e.